The van der Waals surface area contributed by atoms with Gasteiger partial charge in [-0.2, -0.15) is 0 Å². The maximum absolute atomic E-state index is 12.1. The van der Waals surface area contributed by atoms with Crippen LogP contribution in [0.5, 0.6) is 0 Å². The van der Waals surface area contributed by atoms with E-state index in [2.05, 4.69) is 5.32 Å². The predicted octanol–water partition coefficient (Wildman–Crippen LogP) is 0.799. The minimum atomic E-state index is -0.745. The molecule has 2 N–H and O–H groups in total. The van der Waals surface area contributed by atoms with E-state index in [1.807, 2.05) is 0 Å². The van der Waals surface area contributed by atoms with Crippen LogP contribution in [0.2, 0.25) is 0 Å². The van der Waals surface area contributed by atoms with Crippen molar-refractivity contribution in [2.75, 3.05) is 26.9 Å². The molecule has 0 aromatic heterocycles. The Labute approximate surface area is 118 Å². The zero-order valence-electron chi connectivity index (χ0n) is 11.9. The van der Waals surface area contributed by atoms with Gasteiger partial charge in [0.15, 0.2) is 0 Å². The fraction of sp³-hybridized carbons (Fsp3) is 0.857. The van der Waals surface area contributed by atoms with Crippen molar-refractivity contribution >= 4 is 11.9 Å². The van der Waals surface area contributed by atoms with E-state index in [0.29, 0.717) is 45.4 Å². The minimum Gasteiger partial charge on any atom is -0.481 e. The monoisotopic (exact) mass is 285 g/mol. The number of hydrogen-bond acceptors (Lipinski definition) is 4. The molecule has 0 spiro atoms. The van der Waals surface area contributed by atoms with E-state index in [1.165, 1.54) is 0 Å². The lowest BCUT2D eigenvalue weighted by molar-refractivity contribution is -0.144. The van der Waals surface area contributed by atoms with E-state index in [4.69, 9.17) is 14.6 Å². The molecule has 2 rings (SSSR count). The van der Waals surface area contributed by atoms with E-state index in [1.54, 1.807) is 7.11 Å². The predicted molar refractivity (Wildman–Crippen MR) is 71.3 cm³/mol. The van der Waals surface area contributed by atoms with E-state index in [9.17, 15) is 9.59 Å². The van der Waals surface area contributed by atoms with Crippen LogP contribution in [-0.2, 0) is 19.1 Å². The van der Waals surface area contributed by atoms with Gasteiger partial charge in [0.25, 0.3) is 0 Å². The van der Waals surface area contributed by atoms with Crippen LogP contribution in [0.15, 0.2) is 0 Å². The molecular weight excluding hydrogens is 262 g/mol. The van der Waals surface area contributed by atoms with Crippen LogP contribution >= 0.6 is 0 Å². The standard InChI is InChI=1S/C14H23NO5/c1-19-14(6-7-20-9-14)8-15-12(16)10-2-4-11(5-3-10)13(17)18/h10-11H,2-9H2,1H3,(H,15,16)(H,17,18). The Kier molecular flexibility index (Phi) is 4.99. The Morgan fingerprint density at radius 3 is 2.45 bits per heavy atom. The summed E-state index contributed by atoms with van der Waals surface area (Å²) >= 11 is 0. The zero-order valence-corrected chi connectivity index (χ0v) is 11.9. The van der Waals surface area contributed by atoms with Gasteiger partial charge in [-0.15, -0.1) is 0 Å². The first-order valence-electron chi connectivity index (χ1n) is 7.20. The first kappa shape index (κ1) is 15.3. The van der Waals surface area contributed by atoms with Crippen LogP contribution in [0.4, 0.5) is 0 Å². The fourth-order valence-electron chi connectivity index (χ4n) is 2.96. The molecule has 114 valence electrons. The minimum absolute atomic E-state index is 0.0113. The van der Waals surface area contributed by atoms with Crippen molar-refractivity contribution in [2.24, 2.45) is 11.8 Å². The first-order valence-corrected chi connectivity index (χ1v) is 7.20. The number of aliphatic carboxylic acids is 1. The third-order valence-corrected chi connectivity index (χ3v) is 4.53. The second-order valence-electron chi connectivity index (χ2n) is 5.79. The van der Waals surface area contributed by atoms with Gasteiger partial charge in [-0.05, 0) is 25.7 Å². The molecule has 1 amide bonds. The molecule has 20 heavy (non-hydrogen) atoms. The lowest BCUT2D eigenvalue weighted by Crippen LogP contribution is -2.47. The van der Waals surface area contributed by atoms with Crippen LogP contribution < -0.4 is 5.32 Å². The van der Waals surface area contributed by atoms with Crippen LogP contribution in [-0.4, -0.2) is 49.5 Å². The first-order chi connectivity index (χ1) is 9.56. The smallest absolute Gasteiger partial charge is 0.306 e. The van der Waals surface area contributed by atoms with Crippen molar-refractivity contribution in [3.05, 3.63) is 0 Å². The number of carbonyl (C=O) groups excluding carboxylic acids is 1. The van der Waals surface area contributed by atoms with E-state index >= 15 is 0 Å². The molecular formula is C14H23NO5. The molecule has 1 saturated heterocycles. The summed E-state index contributed by atoms with van der Waals surface area (Å²) in [7, 11) is 1.64. The molecule has 1 unspecified atom stereocenters. The Balaban J connectivity index is 1.77. The Hall–Kier alpha value is -1.14. The lowest BCUT2D eigenvalue weighted by Gasteiger charge is -2.29. The molecule has 6 nitrogen and oxygen atoms in total. The number of nitrogens with one attached hydrogen (secondary N) is 1. The van der Waals surface area contributed by atoms with Gasteiger partial charge in [-0.25, -0.2) is 0 Å². The third-order valence-electron chi connectivity index (χ3n) is 4.53. The van der Waals surface area contributed by atoms with E-state index in [0.717, 1.165) is 6.42 Å². The molecule has 1 saturated carbocycles. The van der Waals surface area contributed by atoms with Crippen molar-refractivity contribution in [3.63, 3.8) is 0 Å². The molecule has 1 atom stereocenters. The SMILES string of the molecule is COC1(CNC(=O)C2CCC(C(=O)O)CC2)CCOC1. The maximum Gasteiger partial charge on any atom is 0.306 e. The molecule has 2 aliphatic rings. The Morgan fingerprint density at radius 1 is 1.30 bits per heavy atom. The summed E-state index contributed by atoms with van der Waals surface area (Å²) in [5, 5.41) is 11.9. The maximum atomic E-state index is 12.1. The van der Waals surface area contributed by atoms with Crippen LogP contribution in [0.1, 0.15) is 32.1 Å². The number of carbonyl (C=O) groups is 2. The molecule has 0 radical (unpaired) electrons. The van der Waals surface area contributed by atoms with Crippen LogP contribution in [0.3, 0.4) is 0 Å². The molecule has 6 heteroatoms. The molecule has 0 aromatic carbocycles. The van der Waals surface area contributed by atoms with Crippen molar-refractivity contribution in [3.8, 4) is 0 Å². The second-order valence-corrected chi connectivity index (χ2v) is 5.79. The summed E-state index contributed by atoms with van der Waals surface area (Å²) in [4.78, 5) is 23.0. The highest BCUT2D eigenvalue weighted by atomic mass is 16.5. The molecule has 1 heterocycles. The number of hydrogen-bond donors (Lipinski definition) is 2. The normalized spacial score (nSPS) is 33.9. The quantitative estimate of drug-likeness (QED) is 0.780. The van der Waals surface area contributed by atoms with Gasteiger partial charge in [0, 0.05) is 32.6 Å². The van der Waals surface area contributed by atoms with Gasteiger partial charge < -0.3 is 19.9 Å². The van der Waals surface area contributed by atoms with Crippen molar-refractivity contribution in [2.45, 2.75) is 37.7 Å². The zero-order chi connectivity index (χ0) is 14.6. The summed E-state index contributed by atoms with van der Waals surface area (Å²) in [5.41, 5.74) is -0.395. The second kappa shape index (κ2) is 6.54. The van der Waals surface area contributed by atoms with E-state index < -0.39 is 11.6 Å². The van der Waals surface area contributed by atoms with Crippen molar-refractivity contribution in [1.82, 2.24) is 5.32 Å². The number of carboxylic acids is 1. The van der Waals surface area contributed by atoms with Crippen molar-refractivity contribution in [1.29, 1.82) is 0 Å². The fourth-order valence-corrected chi connectivity index (χ4v) is 2.96. The van der Waals surface area contributed by atoms with Gasteiger partial charge in [0.05, 0.1) is 12.5 Å². The highest BCUT2D eigenvalue weighted by molar-refractivity contribution is 5.79. The average molecular weight is 285 g/mol. The summed E-state index contributed by atoms with van der Waals surface area (Å²) in [6.07, 6.45) is 3.27. The summed E-state index contributed by atoms with van der Waals surface area (Å²) in [5.74, 6) is -1.09. The highest BCUT2D eigenvalue weighted by Crippen LogP contribution is 2.29. The Bertz CT molecular complexity index is 357. The molecule has 0 aromatic rings. The largest absolute Gasteiger partial charge is 0.481 e. The summed E-state index contributed by atoms with van der Waals surface area (Å²) < 4.78 is 10.8. The van der Waals surface area contributed by atoms with Gasteiger partial charge >= 0.3 is 5.97 Å². The number of carboxylic acid groups (broad SMARTS) is 1. The molecule has 1 aliphatic heterocycles. The number of rotatable bonds is 5. The lowest BCUT2D eigenvalue weighted by atomic mass is 9.81. The highest BCUT2D eigenvalue weighted by Gasteiger charge is 2.36. The average Bonchev–Trinajstić information content (AvgIpc) is 2.94. The topological polar surface area (TPSA) is 84.9 Å². The molecule has 2 fully saturated rings. The third kappa shape index (κ3) is 3.49. The summed E-state index contributed by atoms with van der Waals surface area (Å²) in [6.45, 7) is 1.63. The number of methoxy groups -OCH3 is 1. The van der Waals surface area contributed by atoms with Crippen LogP contribution in [0, 0.1) is 11.8 Å². The number of ether oxygens (including phenoxy) is 2. The van der Waals surface area contributed by atoms with Gasteiger partial charge in [-0.3, -0.25) is 9.59 Å². The Morgan fingerprint density at radius 2 is 1.95 bits per heavy atom. The molecule has 0 bridgehead atoms. The van der Waals surface area contributed by atoms with Crippen LogP contribution in [0.25, 0.3) is 0 Å². The summed E-state index contributed by atoms with van der Waals surface area (Å²) in [6, 6.07) is 0. The van der Waals surface area contributed by atoms with Crippen molar-refractivity contribution < 1.29 is 24.2 Å². The van der Waals surface area contributed by atoms with Gasteiger partial charge in [0.2, 0.25) is 5.91 Å². The molecule has 1 aliphatic carbocycles. The van der Waals surface area contributed by atoms with Gasteiger partial charge in [0.1, 0.15) is 5.60 Å². The van der Waals surface area contributed by atoms with Gasteiger partial charge in [-0.1, -0.05) is 0 Å². The number of amides is 1. The van der Waals surface area contributed by atoms with E-state index in [-0.39, 0.29) is 17.7 Å².